The minimum Gasteiger partial charge on any atom is -0.339 e. The maximum Gasteiger partial charge on any atom is 0.253 e. The van der Waals surface area contributed by atoms with E-state index in [0.29, 0.717) is 16.3 Å². The number of sulfonamides is 1. The molecule has 1 aliphatic heterocycles. The standard InChI is InChI=1S/C13H17ClN2O3S/c1-15(20(2,18)19)12-9-10(5-6-11(12)14)13(17)16-7-3-4-8-16/h5-6,9H,3-4,7-8H2,1-2H3. The van der Waals surface area contributed by atoms with Crippen molar-refractivity contribution in [3.05, 3.63) is 28.8 Å². The van der Waals surface area contributed by atoms with Crippen LogP contribution in [0.25, 0.3) is 0 Å². The van der Waals surface area contributed by atoms with Gasteiger partial charge in [0.1, 0.15) is 0 Å². The monoisotopic (exact) mass is 316 g/mol. The highest BCUT2D eigenvalue weighted by Crippen LogP contribution is 2.28. The summed E-state index contributed by atoms with van der Waals surface area (Å²) in [6.45, 7) is 1.50. The first-order valence-electron chi connectivity index (χ1n) is 6.33. The zero-order valence-corrected chi connectivity index (χ0v) is 13.0. The Morgan fingerprint density at radius 1 is 1.30 bits per heavy atom. The summed E-state index contributed by atoms with van der Waals surface area (Å²) in [6.07, 6.45) is 3.11. The second-order valence-corrected chi connectivity index (χ2v) is 7.32. The number of hydrogen-bond donors (Lipinski definition) is 0. The van der Waals surface area contributed by atoms with Gasteiger partial charge in [-0.15, -0.1) is 0 Å². The molecule has 110 valence electrons. The van der Waals surface area contributed by atoms with Crippen LogP contribution in [0.5, 0.6) is 0 Å². The Kier molecular flexibility index (Phi) is 4.25. The number of anilines is 1. The lowest BCUT2D eigenvalue weighted by Gasteiger charge is -2.20. The molecule has 1 aromatic carbocycles. The molecular formula is C13H17ClN2O3S. The molecule has 1 fully saturated rings. The molecule has 5 nitrogen and oxygen atoms in total. The van der Waals surface area contributed by atoms with Gasteiger partial charge in [0.25, 0.3) is 5.91 Å². The van der Waals surface area contributed by atoms with Crippen molar-refractivity contribution in [3.63, 3.8) is 0 Å². The van der Waals surface area contributed by atoms with E-state index in [4.69, 9.17) is 11.6 Å². The molecule has 0 spiro atoms. The Bertz CT molecular complexity index is 625. The first kappa shape index (κ1) is 15.1. The normalized spacial score (nSPS) is 15.4. The van der Waals surface area contributed by atoms with E-state index >= 15 is 0 Å². The number of rotatable bonds is 3. The molecule has 0 unspecified atom stereocenters. The number of carbonyl (C=O) groups excluding carboxylic acids is 1. The third-order valence-electron chi connectivity index (χ3n) is 3.42. The average molecular weight is 317 g/mol. The van der Waals surface area contributed by atoms with Crippen molar-refractivity contribution >= 4 is 33.2 Å². The van der Waals surface area contributed by atoms with Crippen molar-refractivity contribution in [1.82, 2.24) is 4.90 Å². The van der Waals surface area contributed by atoms with Gasteiger partial charge in [0.15, 0.2) is 0 Å². The lowest BCUT2D eigenvalue weighted by molar-refractivity contribution is 0.0793. The van der Waals surface area contributed by atoms with Gasteiger partial charge >= 0.3 is 0 Å². The number of nitrogens with zero attached hydrogens (tertiary/aromatic N) is 2. The van der Waals surface area contributed by atoms with Crippen molar-refractivity contribution in [1.29, 1.82) is 0 Å². The van der Waals surface area contributed by atoms with E-state index in [-0.39, 0.29) is 5.91 Å². The molecule has 1 aliphatic rings. The Morgan fingerprint density at radius 2 is 1.90 bits per heavy atom. The summed E-state index contributed by atoms with van der Waals surface area (Å²) in [5, 5.41) is 0.302. The molecule has 2 rings (SSSR count). The Morgan fingerprint density at radius 3 is 2.45 bits per heavy atom. The van der Waals surface area contributed by atoms with E-state index in [1.165, 1.54) is 13.1 Å². The van der Waals surface area contributed by atoms with Gasteiger partial charge in [-0.05, 0) is 31.0 Å². The summed E-state index contributed by atoms with van der Waals surface area (Å²) < 4.78 is 24.3. The SMILES string of the molecule is CN(c1cc(C(=O)N2CCCC2)ccc1Cl)S(C)(=O)=O. The molecule has 0 aliphatic carbocycles. The van der Waals surface area contributed by atoms with Crippen LogP contribution in [-0.2, 0) is 10.0 Å². The summed E-state index contributed by atoms with van der Waals surface area (Å²) in [5.74, 6) is -0.0812. The first-order valence-corrected chi connectivity index (χ1v) is 8.56. The molecule has 1 heterocycles. The topological polar surface area (TPSA) is 57.7 Å². The van der Waals surface area contributed by atoms with Crippen molar-refractivity contribution in [2.75, 3.05) is 30.7 Å². The molecule has 1 amide bonds. The van der Waals surface area contributed by atoms with Gasteiger partial charge in [-0.3, -0.25) is 9.10 Å². The minimum absolute atomic E-state index is 0.0812. The molecular weight excluding hydrogens is 300 g/mol. The van der Waals surface area contributed by atoms with Crippen molar-refractivity contribution < 1.29 is 13.2 Å². The highest BCUT2D eigenvalue weighted by atomic mass is 35.5. The van der Waals surface area contributed by atoms with Gasteiger partial charge < -0.3 is 4.90 Å². The van der Waals surface area contributed by atoms with Crippen LogP contribution in [0.2, 0.25) is 5.02 Å². The number of hydrogen-bond acceptors (Lipinski definition) is 3. The van der Waals surface area contributed by atoms with Crippen LogP contribution in [-0.4, -0.2) is 45.6 Å². The van der Waals surface area contributed by atoms with Gasteiger partial charge in [0, 0.05) is 25.7 Å². The van der Waals surface area contributed by atoms with E-state index in [1.54, 1.807) is 17.0 Å². The molecule has 7 heteroatoms. The maximum absolute atomic E-state index is 12.3. The first-order chi connectivity index (χ1) is 9.30. The molecule has 1 saturated heterocycles. The summed E-state index contributed by atoms with van der Waals surface area (Å²) in [7, 11) is -2.00. The zero-order valence-electron chi connectivity index (χ0n) is 11.5. The quantitative estimate of drug-likeness (QED) is 0.856. The summed E-state index contributed by atoms with van der Waals surface area (Å²) in [5.41, 5.74) is 0.779. The number of likely N-dealkylation sites (tertiary alicyclic amines) is 1. The predicted molar refractivity (Wildman–Crippen MR) is 79.8 cm³/mol. The number of carbonyl (C=O) groups is 1. The third-order valence-corrected chi connectivity index (χ3v) is 4.93. The Balaban J connectivity index is 2.35. The average Bonchev–Trinajstić information content (AvgIpc) is 2.90. The smallest absolute Gasteiger partial charge is 0.253 e. The molecule has 0 saturated carbocycles. The lowest BCUT2D eigenvalue weighted by Crippen LogP contribution is -2.29. The van der Waals surface area contributed by atoms with Crippen molar-refractivity contribution in [2.24, 2.45) is 0 Å². The van der Waals surface area contributed by atoms with Crippen molar-refractivity contribution in [2.45, 2.75) is 12.8 Å². The number of benzene rings is 1. The molecule has 0 aromatic heterocycles. The second kappa shape index (κ2) is 5.61. The highest BCUT2D eigenvalue weighted by molar-refractivity contribution is 7.92. The summed E-state index contributed by atoms with van der Waals surface area (Å²) >= 11 is 6.03. The van der Waals surface area contributed by atoms with Crippen LogP contribution >= 0.6 is 11.6 Å². The minimum atomic E-state index is -3.42. The van der Waals surface area contributed by atoms with E-state index in [1.807, 2.05) is 0 Å². The van der Waals surface area contributed by atoms with Crippen LogP contribution in [0.1, 0.15) is 23.2 Å². The van der Waals surface area contributed by atoms with Gasteiger partial charge in [-0.2, -0.15) is 0 Å². The highest BCUT2D eigenvalue weighted by Gasteiger charge is 2.22. The van der Waals surface area contributed by atoms with Crippen LogP contribution < -0.4 is 4.31 Å². The summed E-state index contributed by atoms with van der Waals surface area (Å²) in [4.78, 5) is 14.1. The maximum atomic E-state index is 12.3. The van der Waals surface area contributed by atoms with Gasteiger partial charge in [0.05, 0.1) is 17.0 Å². The zero-order chi connectivity index (χ0) is 14.9. The number of halogens is 1. The largest absolute Gasteiger partial charge is 0.339 e. The van der Waals surface area contributed by atoms with Gasteiger partial charge in [-0.1, -0.05) is 11.6 Å². The number of amides is 1. The third kappa shape index (κ3) is 3.07. The van der Waals surface area contributed by atoms with Crippen LogP contribution in [0.3, 0.4) is 0 Å². The molecule has 0 N–H and O–H groups in total. The van der Waals surface area contributed by atoms with E-state index < -0.39 is 10.0 Å². The molecule has 0 bridgehead atoms. The van der Waals surface area contributed by atoms with E-state index in [9.17, 15) is 13.2 Å². The van der Waals surface area contributed by atoms with Crippen LogP contribution in [0.15, 0.2) is 18.2 Å². The Labute approximate surface area is 124 Å². The van der Waals surface area contributed by atoms with Gasteiger partial charge in [-0.25, -0.2) is 8.42 Å². The van der Waals surface area contributed by atoms with Crippen LogP contribution in [0.4, 0.5) is 5.69 Å². The second-order valence-electron chi connectivity index (χ2n) is 4.90. The van der Waals surface area contributed by atoms with Crippen LogP contribution in [0, 0.1) is 0 Å². The molecule has 0 radical (unpaired) electrons. The fraction of sp³-hybridized carbons (Fsp3) is 0.462. The van der Waals surface area contributed by atoms with Gasteiger partial charge in [0.2, 0.25) is 10.0 Å². The predicted octanol–water partition coefficient (Wildman–Crippen LogP) is 1.97. The molecule has 0 atom stereocenters. The van der Waals surface area contributed by atoms with E-state index in [0.717, 1.165) is 36.5 Å². The lowest BCUT2D eigenvalue weighted by atomic mass is 10.1. The Hall–Kier alpha value is -1.27. The summed E-state index contributed by atoms with van der Waals surface area (Å²) in [6, 6.07) is 4.72. The van der Waals surface area contributed by atoms with E-state index in [2.05, 4.69) is 0 Å². The van der Waals surface area contributed by atoms with Crippen molar-refractivity contribution in [3.8, 4) is 0 Å². The molecule has 1 aromatic rings. The molecule has 20 heavy (non-hydrogen) atoms. The fourth-order valence-corrected chi connectivity index (χ4v) is 2.97. The fourth-order valence-electron chi connectivity index (χ4n) is 2.17.